The summed E-state index contributed by atoms with van der Waals surface area (Å²) in [6, 6.07) is 7.20. The molecule has 6 nitrogen and oxygen atoms in total. The topological polar surface area (TPSA) is 78.0 Å². The average Bonchev–Trinajstić information content (AvgIpc) is 2.80. The Kier molecular flexibility index (Phi) is 4.85. The molecular weight excluding hydrogens is 338 g/mol. The van der Waals surface area contributed by atoms with Crippen LogP contribution in [-0.4, -0.2) is 20.5 Å². The summed E-state index contributed by atoms with van der Waals surface area (Å²) in [5.74, 6) is -0.0740. The highest BCUT2D eigenvalue weighted by molar-refractivity contribution is 9.10. The second-order valence-electron chi connectivity index (χ2n) is 4.69. The molecule has 1 aromatic carbocycles. The van der Waals surface area contributed by atoms with Crippen LogP contribution < -0.4 is 0 Å². The molecule has 1 aromatic heterocycles. The van der Waals surface area contributed by atoms with E-state index < -0.39 is 4.92 Å². The van der Waals surface area contributed by atoms with Crippen LogP contribution in [0.1, 0.15) is 28.8 Å². The van der Waals surface area contributed by atoms with Crippen molar-refractivity contribution in [1.82, 2.24) is 9.78 Å². The van der Waals surface area contributed by atoms with Gasteiger partial charge in [-0.3, -0.25) is 4.79 Å². The molecule has 0 aliphatic carbocycles. The first kappa shape index (κ1) is 15.4. The first-order valence-electron chi connectivity index (χ1n) is 6.44. The Morgan fingerprint density at radius 1 is 1.38 bits per heavy atom. The summed E-state index contributed by atoms with van der Waals surface area (Å²) in [7, 11) is 0. The van der Waals surface area contributed by atoms with Gasteiger partial charge in [-0.1, -0.05) is 28.1 Å². The van der Waals surface area contributed by atoms with Crippen molar-refractivity contribution in [1.29, 1.82) is 0 Å². The number of hydrogen-bond acceptors (Lipinski definition) is 4. The third-order valence-corrected chi connectivity index (χ3v) is 3.58. The zero-order valence-corrected chi connectivity index (χ0v) is 13.0. The van der Waals surface area contributed by atoms with Crippen LogP contribution in [0.4, 0.5) is 5.82 Å². The standard InChI is InChI=1S/C14H14BrN3O3/c1-10-9-17(16-14(10)18(20)21)8-2-3-13(19)11-4-6-12(15)7-5-11/h4-7,9H,2-3,8H2,1H3. The van der Waals surface area contributed by atoms with Gasteiger partial charge in [0.1, 0.15) is 0 Å². The van der Waals surface area contributed by atoms with Crippen molar-refractivity contribution in [3.05, 3.63) is 56.2 Å². The van der Waals surface area contributed by atoms with E-state index in [1.54, 1.807) is 25.3 Å². The average molecular weight is 352 g/mol. The monoisotopic (exact) mass is 351 g/mol. The lowest BCUT2D eigenvalue weighted by atomic mass is 10.1. The first-order valence-corrected chi connectivity index (χ1v) is 7.24. The predicted molar refractivity (Wildman–Crippen MR) is 81.3 cm³/mol. The quantitative estimate of drug-likeness (QED) is 0.453. The summed E-state index contributed by atoms with van der Waals surface area (Å²) < 4.78 is 2.45. The molecule has 110 valence electrons. The molecule has 0 saturated carbocycles. The highest BCUT2D eigenvalue weighted by Crippen LogP contribution is 2.15. The van der Waals surface area contributed by atoms with Crippen molar-refractivity contribution < 1.29 is 9.72 Å². The third kappa shape index (κ3) is 3.98. The summed E-state index contributed by atoms with van der Waals surface area (Å²) in [5.41, 5.74) is 1.19. The predicted octanol–water partition coefficient (Wildman–Crippen LogP) is 3.53. The van der Waals surface area contributed by atoms with Crippen LogP contribution in [0.3, 0.4) is 0 Å². The zero-order valence-electron chi connectivity index (χ0n) is 11.5. The van der Waals surface area contributed by atoms with Crippen molar-refractivity contribution in [2.75, 3.05) is 0 Å². The lowest BCUT2D eigenvalue weighted by Gasteiger charge is -2.00. The van der Waals surface area contributed by atoms with Gasteiger partial charge in [0.2, 0.25) is 0 Å². The molecule has 0 bridgehead atoms. The Morgan fingerprint density at radius 2 is 2.05 bits per heavy atom. The molecule has 0 aliphatic heterocycles. The van der Waals surface area contributed by atoms with Crippen LogP contribution in [0.15, 0.2) is 34.9 Å². The van der Waals surface area contributed by atoms with Crippen LogP contribution in [0.5, 0.6) is 0 Å². The van der Waals surface area contributed by atoms with Gasteiger partial charge in [-0.25, -0.2) is 0 Å². The molecule has 0 amide bonds. The molecule has 0 unspecified atom stereocenters. The number of halogens is 1. The second-order valence-corrected chi connectivity index (χ2v) is 5.61. The van der Waals surface area contributed by atoms with Gasteiger partial charge in [0.15, 0.2) is 5.78 Å². The van der Waals surface area contributed by atoms with Gasteiger partial charge in [-0.2, -0.15) is 4.68 Å². The number of nitrogens with zero attached hydrogens (tertiary/aromatic N) is 3. The number of hydrogen-bond donors (Lipinski definition) is 0. The minimum absolute atomic E-state index is 0.0564. The summed E-state index contributed by atoms with van der Waals surface area (Å²) in [6.45, 7) is 2.13. The molecule has 7 heteroatoms. The maximum atomic E-state index is 12.0. The molecule has 0 radical (unpaired) electrons. The van der Waals surface area contributed by atoms with Crippen molar-refractivity contribution in [3.63, 3.8) is 0 Å². The van der Waals surface area contributed by atoms with Crippen molar-refractivity contribution in [3.8, 4) is 0 Å². The zero-order chi connectivity index (χ0) is 15.4. The molecule has 0 fully saturated rings. The van der Waals surface area contributed by atoms with E-state index in [4.69, 9.17) is 0 Å². The van der Waals surface area contributed by atoms with Gasteiger partial charge < -0.3 is 10.1 Å². The fourth-order valence-corrected chi connectivity index (χ4v) is 2.25. The van der Waals surface area contributed by atoms with Crippen molar-refractivity contribution >= 4 is 27.5 Å². The summed E-state index contributed by atoms with van der Waals surface area (Å²) >= 11 is 3.32. The van der Waals surface area contributed by atoms with Gasteiger partial charge in [0, 0.05) is 16.5 Å². The maximum Gasteiger partial charge on any atom is 0.392 e. The van der Waals surface area contributed by atoms with Gasteiger partial charge in [0.25, 0.3) is 0 Å². The number of rotatable bonds is 6. The number of ketones is 1. The number of carbonyl (C=O) groups excluding carboxylic acids is 1. The number of nitro groups is 1. The van der Waals surface area contributed by atoms with E-state index >= 15 is 0 Å². The lowest BCUT2D eigenvalue weighted by Crippen LogP contribution is -2.04. The second kappa shape index (κ2) is 6.62. The van der Waals surface area contributed by atoms with Crippen LogP contribution in [0.25, 0.3) is 0 Å². The number of benzene rings is 1. The third-order valence-electron chi connectivity index (χ3n) is 3.05. The molecule has 0 spiro atoms. The molecule has 2 aromatic rings. The van der Waals surface area contributed by atoms with Crippen molar-refractivity contribution in [2.24, 2.45) is 0 Å². The van der Waals surface area contributed by atoms with Gasteiger partial charge in [-0.15, -0.1) is 0 Å². The molecule has 2 rings (SSSR count). The fourth-order valence-electron chi connectivity index (χ4n) is 1.99. The van der Waals surface area contributed by atoms with Crippen LogP contribution in [0.2, 0.25) is 0 Å². The van der Waals surface area contributed by atoms with E-state index in [1.807, 2.05) is 12.1 Å². The molecule has 0 atom stereocenters. The van der Waals surface area contributed by atoms with E-state index in [9.17, 15) is 14.9 Å². The minimum Gasteiger partial charge on any atom is -0.358 e. The minimum atomic E-state index is -0.501. The van der Waals surface area contributed by atoms with Gasteiger partial charge >= 0.3 is 5.82 Å². The largest absolute Gasteiger partial charge is 0.392 e. The number of aryl methyl sites for hydroxylation is 2. The molecule has 1 heterocycles. The SMILES string of the molecule is Cc1cn(CCCC(=O)c2ccc(Br)cc2)nc1[N+](=O)[O-]. The number of carbonyl (C=O) groups is 1. The maximum absolute atomic E-state index is 12.0. The Hall–Kier alpha value is -2.02. The Bertz CT molecular complexity index is 665. The van der Waals surface area contributed by atoms with E-state index in [-0.39, 0.29) is 11.6 Å². The van der Waals surface area contributed by atoms with E-state index in [2.05, 4.69) is 21.0 Å². The highest BCUT2D eigenvalue weighted by atomic mass is 79.9. The van der Waals surface area contributed by atoms with Gasteiger partial charge in [-0.05, 0) is 30.4 Å². The van der Waals surface area contributed by atoms with Crippen LogP contribution >= 0.6 is 15.9 Å². The summed E-state index contributed by atoms with van der Waals surface area (Å²) in [5, 5.41) is 14.6. The molecule has 0 saturated heterocycles. The van der Waals surface area contributed by atoms with E-state index in [0.717, 1.165) is 4.47 Å². The number of Topliss-reactive ketones (excluding diaryl/α,β-unsaturated/α-hetero) is 1. The van der Waals surface area contributed by atoms with Crippen LogP contribution in [-0.2, 0) is 6.54 Å². The van der Waals surface area contributed by atoms with Crippen LogP contribution in [0, 0.1) is 17.0 Å². The molecule has 0 aliphatic rings. The Morgan fingerprint density at radius 3 is 2.62 bits per heavy atom. The van der Waals surface area contributed by atoms with Crippen molar-refractivity contribution in [2.45, 2.75) is 26.3 Å². The highest BCUT2D eigenvalue weighted by Gasteiger charge is 2.16. The summed E-state index contributed by atoms with van der Waals surface area (Å²) in [4.78, 5) is 22.2. The number of aromatic nitrogens is 2. The lowest BCUT2D eigenvalue weighted by molar-refractivity contribution is -0.390. The molecular formula is C14H14BrN3O3. The van der Waals surface area contributed by atoms with E-state index in [0.29, 0.717) is 30.5 Å². The summed E-state index contributed by atoms with van der Waals surface area (Å²) in [6.07, 6.45) is 2.60. The fraction of sp³-hybridized carbons (Fsp3) is 0.286. The van der Waals surface area contributed by atoms with E-state index in [1.165, 1.54) is 4.68 Å². The Labute approximate surface area is 130 Å². The molecule has 0 N–H and O–H groups in total. The smallest absolute Gasteiger partial charge is 0.358 e. The first-order chi connectivity index (χ1) is 9.97. The normalized spacial score (nSPS) is 10.6. The van der Waals surface area contributed by atoms with Gasteiger partial charge in [0.05, 0.1) is 23.4 Å². The Balaban J connectivity index is 1.89. The molecule has 21 heavy (non-hydrogen) atoms.